The Morgan fingerprint density at radius 2 is 2.00 bits per heavy atom. The lowest BCUT2D eigenvalue weighted by Gasteiger charge is -2.31. The quantitative estimate of drug-likeness (QED) is 0.318. The highest BCUT2D eigenvalue weighted by molar-refractivity contribution is 6.34. The van der Waals surface area contributed by atoms with Gasteiger partial charge < -0.3 is 20.7 Å². The number of ether oxygens (including phenoxy) is 1. The first kappa shape index (κ1) is 26.4. The molecule has 1 fully saturated rings. The van der Waals surface area contributed by atoms with Crippen LogP contribution in [0.2, 0.25) is 5.02 Å². The fourth-order valence-electron chi connectivity index (χ4n) is 4.61. The van der Waals surface area contributed by atoms with Crippen molar-refractivity contribution in [1.29, 1.82) is 0 Å². The van der Waals surface area contributed by atoms with Gasteiger partial charge in [0.05, 0.1) is 22.5 Å². The highest BCUT2D eigenvalue weighted by atomic mass is 35.5. The largest absolute Gasteiger partial charge is 0.478 e. The Morgan fingerprint density at radius 3 is 2.72 bits per heavy atom. The third-order valence-electron chi connectivity index (χ3n) is 6.76. The van der Waals surface area contributed by atoms with Gasteiger partial charge in [-0.3, -0.25) is 9.20 Å². The third kappa shape index (κ3) is 5.24. The van der Waals surface area contributed by atoms with Gasteiger partial charge in [0, 0.05) is 36.7 Å². The van der Waals surface area contributed by atoms with Crippen molar-refractivity contribution in [1.82, 2.24) is 19.3 Å². The first-order valence-electron chi connectivity index (χ1n) is 12.3. The van der Waals surface area contributed by atoms with Gasteiger partial charge in [-0.2, -0.15) is 4.39 Å². The van der Waals surface area contributed by atoms with Gasteiger partial charge in [-0.05, 0) is 55.6 Å². The molecule has 8 nitrogen and oxygen atoms in total. The van der Waals surface area contributed by atoms with Crippen molar-refractivity contribution in [2.24, 2.45) is 11.7 Å². The number of imidazole rings is 1. The van der Waals surface area contributed by atoms with E-state index in [1.54, 1.807) is 33.7 Å². The molecule has 0 saturated carbocycles. The molecule has 5 rings (SSSR count). The molecule has 1 aliphatic heterocycles. The molecule has 0 radical (unpaired) electrons. The van der Waals surface area contributed by atoms with E-state index in [9.17, 15) is 13.6 Å². The summed E-state index contributed by atoms with van der Waals surface area (Å²) in [4.78, 5) is 23.5. The predicted octanol–water partition coefficient (Wildman–Crippen LogP) is 4.89. The number of carbonyl (C=O) groups excluding carboxylic acids is 1. The van der Waals surface area contributed by atoms with Crippen LogP contribution in [0.25, 0.3) is 16.9 Å². The van der Waals surface area contributed by atoms with E-state index in [1.165, 1.54) is 24.5 Å². The Kier molecular flexibility index (Phi) is 7.63. The Hall–Kier alpha value is -4.20. The zero-order valence-electron chi connectivity index (χ0n) is 20.8. The van der Waals surface area contributed by atoms with Crippen molar-refractivity contribution in [2.45, 2.75) is 12.8 Å². The Balaban J connectivity index is 1.38. The number of rotatable bonds is 7. The standard InChI is InChI=1S/C28H25ClF2N6O2/c1-2-13-39-23-6-5-20(24(30)25(23)31)22-16-34-27-26(33-9-12-37(22)27)35-18-3-4-19(21(29)14-18)28(38)36-10-7-17(15-32)8-11-36/h1,3-6,9,12,14,16-17H,7-8,10-11,13,15,32H2,(H,33,35). The summed E-state index contributed by atoms with van der Waals surface area (Å²) < 4.78 is 36.1. The van der Waals surface area contributed by atoms with Crippen LogP contribution in [-0.2, 0) is 0 Å². The van der Waals surface area contributed by atoms with Gasteiger partial charge in [0.25, 0.3) is 5.91 Å². The van der Waals surface area contributed by atoms with Crippen LogP contribution in [0, 0.1) is 29.9 Å². The summed E-state index contributed by atoms with van der Waals surface area (Å²) in [5.41, 5.74) is 7.42. The zero-order chi connectivity index (χ0) is 27.5. The molecule has 0 spiro atoms. The van der Waals surface area contributed by atoms with Crippen molar-refractivity contribution in [2.75, 3.05) is 31.6 Å². The summed E-state index contributed by atoms with van der Waals surface area (Å²) in [5.74, 6) is 0.397. The van der Waals surface area contributed by atoms with E-state index < -0.39 is 11.6 Å². The summed E-state index contributed by atoms with van der Waals surface area (Å²) in [5, 5.41) is 3.44. The number of hydrogen-bond donors (Lipinski definition) is 2. The summed E-state index contributed by atoms with van der Waals surface area (Å²) in [6.45, 7) is 1.74. The average Bonchev–Trinajstić information content (AvgIpc) is 3.38. The number of benzene rings is 2. The maximum absolute atomic E-state index is 14.9. The molecule has 200 valence electrons. The van der Waals surface area contributed by atoms with Crippen molar-refractivity contribution in [3.63, 3.8) is 0 Å². The van der Waals surface area contributed by atoms with Gasteiger partial charge in [-0.25, -0.2) is 14.4 Å². The van der Waals surface area contributed by atoms with E-state index >= 15 is 0 Å². The van der Waals surface area contributed by atoms with Crippen LogP contribution in [0.3, 0.4) is 0 Å². The zero-order valence-corrected chi connectivity index (χ0v) is 21.6. The first-order chi connectivity index (χ1) is 18.9. The highest BCUT2D eigenvalue weighted by Gasteiger charge is 2.25. The average molecular weight is 551 g/mol. The number of nitrogens with one attached hydrogen (secondary N) is 1. The molecule has 0 bridgehead atoms. The predicted molar refractivity (Wildman–Crippen MR) is 145 cm³/mol. The monoisotopic (exact) mass is 550 g/mol. The minimum absolute atomic E-state index is 0.00777. The number of likely N-dealkylation sites (tertiary alicyclic amines) is 1. The summed E-state index contributed by atoms with van der Waals surface area (Å²) >= 11 is 6.50. The molecule has 3 heterocycles. The SMILES string of the molecule is C#CCOc1ccc(-c2cnc3c(Nc4ccc(C(=O)N5CCC(CN)CC5)c(Cl)c4)nccn23)c(F)c1F. The highest BCUT2D eigenvalue weighted by Crippen LogP contribution is 2.32. The van der Waals surface area contributed by atoms with Crippen LogP contribution >= 0.6 is 11.6 Å². The van der Waals surface area contributed by atoms with Crippen LogP contribution in [-0.4, -0.2) is 51.4 Å². The second-order valence-corrected chi connectivity index (χ2v) is 9.54. The molecule has 2 aromatic heterocycles. The number of aromatic nitrogens is 3. The second-order valence-electron chi connectivity index (χ2n) is 9.14. The summed E-state index contributed by atoms with van der Waals surface area (Å²) in [7, 11) is 0. The molecule has 11 heteroatoms. The number of anilines is 2. The molecule has 2 aromatic carbocycles. The molecule has 1 saturated heterocycles. The molecule has 0 unspecified atom stereocenters. The van der Waals surface area contributed by atoms with E-state index in [0.29, 0.717) is 59.0 Å². The van der Waals surface area contributed by atoms with Crippen LogP contribution in [0.1, 0.15) is 23.2 Å². The van der Waals surface area contributed by atoms with Crippen LogP contribution in [0.4, 0.5) is 20.3 Å². The van der Waals surface area contributed by atoms with Gasteiger partial charge in [0.15, 0.2) is 23.0 Å². The lowest BCUT2D eigenvalue weighted by molar-refractivity contribution is 0.0693. The van der Waals surface area contributed by atoms with Crippen molar-refractivity contribution >= 4 is 34.7 Å². The Morgan fingerprint density at radius 1 is 1.21 bits per heavy atom. The number of amides is 1. The molecule has 1 aliphatic rings. The smallest absolute Gasteiger partial charge is 0.255 e. The number of nitrogens with two attached hydrogens (primary N) is 1. The Bertz CT molecular complexity index is 1580. The Labute approximate surface area is 228 Å². The molecule has 39 heavy (non-hydrogen) atoms. The molecular weight excluding hydrogens is 526 g/mol. The van der Waals surface area contributed by atoms with E-state index in [4.69, 9.17) is 28.5 Å². The van der Waals surface area contributed by atoms with Gasteiger partial charge >= 0.3 is 0 Å². The molecule has 0 atom stereocenters. The molecule has 1 amide bonds. The maximum Gasteiger partial charge on any atom is 0.255 e. The molecule has 3 N–H and O–H groups in total. The number of hydrogen-bond acceptors (Lipinski definition) is 6. The second kappa shape index (κ2) is 11.3. The lowest BCUT2D eigenvalue weighted by Crippen LogP contribution is -2.40. The molecular formula is C28H25ClF2N6O2. The molecule has 4 aromatic rings. The number of carbonyl (C=O) groups is 1. The number of nitrogens with zero attached hydrogens (tertiary/aromatic N) is 4. The summed E-state index contributed by atoms with van der Waals surface area (Å²) in [6, 6.07) is 7.75. The van der Waals surface area contributed by atoms with E-state index in [2.05, 4.69) is 21.2 Å². The number of fused-ring (bicyclic) bond motifs is 1. The van der Waals surface area contributed by atoms with Crippen LogP contribution < -0.4 is 15.8 Å². The number of terminal acetylenes is 1. The van der Waals surface area contributed by atoms with Gasteiger partial charge in [0.1, 0.15) is 6.61 Å². The van der Waals surface area contributed by atoms with E-state index in [-0.39, 0.29) is 23.8 Å². The summed E-state index contributed by atoms with van der Waals surface area (Å²) in [6.07, 6.45) is 11.4. The first-order valence-corrected chi connectivity index (χ1v) is 12.7. The maximum atomic E-state index is 14.9. The fourth-order valence-corrected chi connectivity index (χ4v) is 4.87. The van der Waals surface area contributed by atoms with Crippen molar-refractivity contribution < 1.29 is 18.3 Å². The van der Waals surface area contributed by atoms with Crippen molar-refractivity contribution in [3.8, 4) is 29.4 Å². The third-order valence-corrected chi connectivity index (χ3v) is 7.07. The minimum atomic E-state index is -1.14. The van der Waals surface area contributed by atoms with Gasteiger partial charge in [-0.15, -0.1) is 6.42 Å². The minimum Gasteiger partial charge on any atom is -0.478 e. The normalized spacial score (nSPS) is 13.9. The van der Waals surface area contributed by atoms with Gasteiger partial charge in [-0.1, -0.05) is 17.5 Å². The van der Waals surface area contributed by atoms with Crippen LogP contribution in [0.5, 0.6) is 5.75 Å². The molecule has 0 aliphatic carbocycles. The topological polar surface area (TPSA) is 97.8 Å². The van der Waals surface area contributed by atoms with Gasteiger partial charge in [0.2, 0.25) is 5.82 Å². The number of halogens is 3. The van der Waals surface area contributed by atoms with Crippen molar-refractivity contribution in [3.05, 3.63) is 71.1 Å². The number of piperidine rings is 1. The lowest BCUT2D eigenvalue weighted by atomic mass is 9.96. The van der Waals surface area contributed by atoms with E-state index in [1.807, 2.05) is 0 Å². The van der Waals surface area contributed by atoms with Crippen LogP contribution in [0.15, 0.2) is 48.9 Å². The van der Waals surface area contributed by atoms with E-state index in [0.717, 1.165) is 12.8 Å². The fraction of sp³-hybridized carbons (Fsp3) is 0.250.